The molecule has 1 nitrogen and oxygen atoms in total. The molecule has 0 saturated heterocycles. The molecule has 0 heterocycles. The third-order valence-electron chi connectivity index (χ3n) is 5.67. The molecule has 3 aliphatic carbocycles. The highest BCUT2D eigenvalue weighted by Gasteiger charge is 2.43. The zero-order valence-corrected chi connectivity index (χ0v) is 12.3. The van der Waals surface area contributed by atoms with Crippen molar-refractivity contribution >= 4 is 0 Å². The van der Waals surface area contributed by atoms with E-state index in [1.807, 2.05) is 0 Å². The van der Waals surface area contributed by atoms with Crippen molar-refractivity contribution in [2.75, 3.05) is 0 Å². The van der Waals surface area contributed by atoms with Gasteiger partial charge < -0.3 is 5.32 Å². The van der Waals surface area contributed by atoms with Crippen molar-refractivity contribution in [3.8, 4) is 0 Å². The lowest BCUT2D eigenvalue weighted by Crippen LogP contribution is -2.55. The lowest BCUT2D eigenvalue weighted by molar-refractivity contribution is 0.0800. The van der Waals surface area contributed by atoms with Crippen LogP contribution in [0.5, 0.6) is 0 Å². The van der Waals surface area contributed by atoms with Crippen LogP contribution in [0.4, 0.5) is 0 Å². The maximum atomic E-state index is 4.03. The monoisotopic (exact) mass is 247 g/mol. The van der Waals surface area contributed by atoms with Crippen LogP contribution in [0.25, 0.3) is 0 Å². The van der Waals surface area contributed by atoms with E-state index in [9.17, 15) is 0 Å². The molecule has 0 bridgehead atoms. The largest absolute Gasteiger partial charge is 0.310 e. The standard InChI is InChI=1S/C17H29N/c1-17(2,3)14-9-4-5-10-15(14)18-16-11-12-7-6-8-13(12)16/h6,8,12-16,18H,4-5,7,9-11H2,1-3H3. The van der Waals surface area contributed by atoms with Crippen LogP contribution in [0.1, 0.15) is 59.3 Å². The average Bonchev–Trinajstić information content (AvgIpc) is 2.67. The second-order valence-corrected chi connectivity index (χ2v) is 7.87. The lowest BCUT2D eigenvalue weighted by atomic mass is 9.67. The van der Waals surface area contributed by atoms with Crippen molar-refractivity contribution in [3.05, 3.63) is 12.2 Å². The molecule has 0 radical (unpaired) electrons. The summed E-state index contributed by atoms with van der Waals surface area (Å²) in [4.78, 5) is 0. The Labute approximate surface area is 112 Å². The molecule has 0 spiro atoms. The molecule has 18 heavy (non-hydrogen) atoms. The third kappa shape index (κ3) is 2.27. The minimum absolute atomic E-state index is 0.465. The SMILES string of the molecule is CC(C)(C)C1CCCCC1NC1CC2CC=CC21. The van der Waals surface area contributed by atoms with Gasteiger partial charge in [-0.15, -0.1) is 0 Å². The Hall–Kier alpha value is -0.300. The summed E-state index contributed by atoms with van der Waals surface area (Å²) in [5.41, 5.74) is 0.465. The molecule has 2 fully saturated rings. The van der Waals surface area contributed by atoms with Gasteiger partial charge in [-0.25, -0.2) is 0 Å². The zero-order valence-electron chi connectivity index (χ0n) is 12.3. The molecule has 0 aromatic heterocycles. The van der Waals surface area contributed by atoms with Crippen molar-refractivity contribution in [1.29, 1.82) is 0 Å². The Morgan fingerprint density at radius 2 is 1.83 bits per heavy atom. The fourth-order valence-electron chi connectivity index (χ4n) is 4.55. The zero-order chi connectivity index (χ0) is 12.8. The summed E-state index contributed by atoms with van der Waals surface area (Å²) in [7, 11) is 0. The van der Waals surface area contributed by atoms with Gasteiger partial charge in [0.2, 0.25) is 0 Å². The number of hydrogen-bond donors (Lipinski definition) is 1. The number of nitrogens with one attached hydrogen (secondary N) is 1. The molecular weight excluding hydrogens is 218 g/mol. The Bertz CT molecular complexity index is 325. The Balaban J connectivity index is 1.61. The van der Waals surface area contributed by atoms with Crippen molar-refractivity contribution in [1.82, 2.24) is 5.32 Å². The molecule has 3 aliphatic rings. The highest BCUT2D eigenvalue weighted by atomic mass is 15.0. The molecule has 2 saturated carbocycles. The molecule has 0 aromatic rings. The van der Waals surface area contributed by atoms with Crippen LogP contribution in [0.2, 0.25) is 0 Å². The minimum Gasteiger partial charge on any atom is -0.310 e. The van der Waals surface area contributed by atoms with Crippen molar-refractivity contribution in [2.45, 2.75) is 71.4 Å². The molecule has 5 unspecified atom stereocenters. The van der Waals surface area contributed by atoms with Gasteiger partial charge >= 0.3 is 0 Å². The number of hydrogen-bond acceptors (Lipinski definition) is 1. The fourth-order valence-corrected chi connectivity index (χ4v) is 4.55. The van der Waals surface area contributed by atoms with Crippen LogP contribution in [-0.4, -0.2) is 12.1 Å². The van der Waals surface area contributed by atoms with E-state index in [2.05, 4.69) is 38.2 Å². The average molecular weight is 247 g/mol. The molecule has 102 valence electrons. The third-order valence-corrected chi connectivity index (χ3v) is 5.67. The highest BCUT2D eigenvalue weighted by molar-refractivity contribution is 5.13. The predicted molar refractivity (Wildman–Crippen MR) is 77.5 cm³/mol. The van der Waals surface area contributed by atoms with Crippen molar-refractivity contribution < 1.29 is 0 Å². The molecule has 0 aromatic carbocycles. The van der Waals surface area contributed by atoms with E-state index in [-0.39, 0.29) is 0 Å². The fraction of sp³-hybridized carbons (Fsp3) is 0.882. The summed E-state index contributed by atoms with van der Waals surface area (Å²) in [5, 5.41) is 4.03. The van der Waals surface area contributed by atoms with E-state index in [0.29, 0.717) is 5.41 Å². The Kier molecular flexibility index (Phi) is 3.30. The first-order valence-electron chi connectivity index (χ1n) is 7.98. The minimum atomic E-state index is 0.465. The van der Waals surface area contributed by atoms with Crippen LogP contribution in [0.15, 0.2) is 12.2 Å². The summed E-state index contributed by atoms with van der Waals surface area (Å²) >= 11 is 0. The summed E-state index contributed by atoms with van der Waals surface area (Å²) in [5.74, 6) is 2.72. The maximum absolute atomic E-state index is 4.03. The second-order valence-electron chi connectivity index (χ2n) is 7.87. The first kappa shape index (κ1) is 12.7. The quantitative estimate of drug-likeness (QED) is 0.723. The maximum Gasteiger partial charge on any atom is 0.0138 e. The second kappa shape index (κ2) is 4.67. The molecule has 1 heteroatoms. The van der Waals surface area contributed by atoms with Gasteiger partial charge in [0.05, 0.1) is 0 Å². The smallest absolute Gasteiger partial charge is 0.0138 e. The molecule has 5 atom stereocenters. The van der Waals surface area contributed by atoms with E-state index in [4.69, 9.17) is 0 Å². The van der Waals surface area contributed by atoms with Crippen LogP contribution >= 0.6 is 0 Å². The van der Waals surface area contributed by atoms with Gasteiger partial charge in [0.25, 0.3) is 0 Å². The Morgan fingerprint density at radius 1 is 1.06 bits per heavy atom. The van der Waals surface area contributed by atoms with Gasteiger partial charge in [-0.1, -0.05) is 45.8 Å². The summed E-state index contributed by atoms with van der Waals surface area (Å²) in [6, 6.07) is 1.57. The van der Waals surface area contributed by atoms with Gasteiger partial charge in [-0.2, -0.15) is 0 Å². The Morgan fingerprint density at radius 3 is 2.56 bits per heavy atom. The van der Waals surface area contributed by atoms with E-state index >= 15 is 0 Å². The van der Waals surface area contributed by atoms with E-state index in [0.717, 1.165) is 29.8 Å². The van der Waals surface area contributed by atoms with Gasteiger partial charge in [0.1, 0.15) is 0 Å². The van der Waals surface area contributed by atoms with E-state index in [1.165, 1.54) is 38.5 Å². The summed E-state index contributed by atoms with van der Waals surface area (Å²) in [6.45, 7) is 7.28. The topological polar surface area (TPSA) is 12.0 Å². The highest BCUT2D eigenvalue weighted by Crippen LogP contribution is 2.45. The number of allylic oxidation sites excluding steroid dienone is 1. The summed E-state index contributed by atoms with van der Waals surface area (Å²) in [6.07, 6.45) is 13.3. The van der Waals surface area contributed by atoms with E-state index in [1.54, 1.807) is 0 Å². The number of fused-ring (bicyclic) bond motifs is 1. The van der Waals surface area contributed by atoms with Gasteiger partial charge in [-0.3, -0.25) is 0 Å². The normalized spacial score (nSPS) is 43.6. The lowest BCUT2D eigenvalue weighted by Gasteiger charge is -2.48. The number of rotatable bonds is 2. The van der Waals surface area contributed by atoms with Crippen LogP contribution in [0.3, 0.4) is 0 Å². The van der Waals surface area contributed by atoms with Gasteiger partial charge in [0.15, 0.2) is 0 Å². The molecule has 0 amide bonds. The molecule has 3 rings (SSSR count). The first-order valence-corrected chi connectivity index (χ1v) is 7.98. The molecule has 0 aliphatic heterocycles. The van der Waals surface area contributed by atoms with E-state index < -0.39 is 0 Å². The molecular formula is C17H29N. The van der Waals surface area contributed by atoms with Gasteiger partial charge in [0, 0.05) is 12.1 Å². The van der Waals surface area contributed by atoms with Crippen LogP contribution in [-0.2, 0) is 0 Å². The van der Waals surface area contributed by atoms with Gasteiger partial charge in [-0.05, 0) is 48.9 Å². The molecule has 1 N–H and O–H groups in total. The first-order chi connectivity index (χ1) is 8.55. The van der Waals surface area contributed by atoms with Crippen molar-refractivity contribution in [2.24, 2.45) is 23.2 Å². The summed E-state index contributed by atoms with van der Waals surface area (Å²) < 4.78 is 0. The van der Waals surface area contributed by atoms with Crippen molar-refractivity contribution in [3.63, 3.8) is 0 Å². The van der Waals surface area contributed by atoms with Crippen LogP contribution in [0, 0.1) is 23.2 Å². The predicted octanol–water partition coefficient (Wildman–Crippen LogP) is 4.15. The van der Waals surface area contributed by atoms with Crippen LogP contribution < -0.4 is 5.32 Å².